The Morgan fingerprint density at radius 1 is 1.03 bits per heavy atom. The van der Waals surface area contributed by atoms with Gasteiger partial charge in [0, 0.05) is 28.8 Å². The molecule has 0 spiro atoms. The zero-order valence-corrected chi connectivity index (χ0v) is 19.4. The maximum absolute atomic E-state index is 14.5. The number of rotatable bonds is 9. The van der Waals surface area contributed by atoms with Crippen LogP contribution in [0.2, 0.25) is 0 Å². The predicted octanol–water partition coefficient (Wildman–Crippen LogP) is 5.46. The van der Waals surface area contributed by atoms with Gasteiger partial charge in [0.15, 0.2) is 17.3 Å². The third kappa shape index (κ3) is 5.80. The number of ether oxygens (including phenoxy) is 1. The summed E-state index contributed by atoms with van der Waals surface area (Å²) in [6, 6.07) is 11.7. The van der Waals surface area contributed by atoms with E-state index in [9.17, 15) is 18.8 Å². The highest BCUT2D eigenvalue weighted by molar-refractivity contribution is 7.17. The van der Waals surface area contributed by atoms with Crippen molar-refractivity contribution >= 4 is 39.1 Å². The number of fused-ring (bicyclic) bond motifs is 1. The van der Waals surface area contributed by atoms with Crippen LogP contribution in [0.1, 0.15) is 59.2 Å². The molecule has 0 saturated heterocycles. The molecule has 1 saturated carbocycles. The highest BCUT2D eigenvalue weighted by atomic mass is 32.1. The highest BCUT2D eigenvalue weighted by Gasteiger charge is 2.27. The molecule has 1 aliphatic carbocycles. The molecule has 8 heteroatoms. The molecule has 2 N–H and O–H groups in total. The second-order valence-corrected chi connectivity index (χ2v) is 9.48. The van der Waals surface area contributed by atoms with E-state index in [2.05, 4.69) is 5.32 Å². The number of thiophene rings is 1. The maximum Gasteiger partial charge on any atom is 0.306 e. The Morgan fingerprint density at radius 3 is 2.53 bits per heavy atom. The van der Waals surface area contributed by atoms with Crippen molar-refractivity contribution < 1.29 is 28.6 Å². The molecule has 0 unspecified atom stereocenters. The molecular weight excluding hydrogens is 457 g/mol. The number of ketones is 1. The summed E-state index contributed by atoms with van der Waals surface area (Å²) < 4.78 is 21.3. The molecule has 2 aromatic carbocycles. The van der Waals surface area contributed by atoms with Crippen molar-refractivity contribution in [1.82, 2.24) is 5.32 Å². The lowest BCUT2D eigenvalue weighted by Gasteiger charge is -2.27. The summed E-state index contributed by atoms with van der Waals surface area (Å²) in [4.78, 5) is 35.8. The first-order chi connectivity index (χ1) is 16.4. The molecule has 1 aliphatic rings. The fraction of sp³-hybridized carbons (Fsp3) is 0.346. The number of amides is 1. The molecule has 6 nitrogen and oxygen atoms in total. The van der Waals surface area contributed by atoms with Gasteiger partial charge in [-0.15, -0.1) is 11.3 Å². The van der Waals surface area contributed by atoms with Crippen molar-refractivity contribution in [3.05, 3.63) is 64.8 Å². The first kappa shape index (κ1) is 23.9. The van der Waals surface area contributed by atoms with Gasteiger partial charge in [0.25, 0.3) is 5.91 Å². The van der Waals surface area contributed by atoms with Crippen LogP contribution in [0.25, 0.3) is 10.1 Å². The van der Waals surface area contributed by atoms with E-state index >= 15 is 0 Å². The van der Waals surface area contributed by atoms with Gasteiger partial charge < -0.3 is 15.2 Å². The van der Waals surface area contributed by atoms with E-state index in [1.807, 2.05) is 23.6 Å². The van der Waals surface area contributed by atoms with Gasteiger partial charge in [0.05, 0.1) is 12.0 Å². The summed E-state index contributed by atoms with van der Waals surface area (Å²) in [6.07, 6.45) is 2.54. The van der Waals surface area contributed by atoms with E-state index in [1.165, 1.54) is 18.2 Å². The van der Waals surface area contributed by atoms with Crippen LogP contribution in [0.4, 0.5) is 4.39 Å². The van der Waals surface area contributed by atoms with Crippen LogP contribution in [0.5, 0.6) is 5.75 Å². The van der Waals surface area contributed by atoms with Crippen molar-refractivity contribution in [2.75, 3.05) is 6.54 Å². The van der Waals surface area contributed by atoms with Gasteiger partial charge in [0.2, 0.25) is 0 Å². The molecule has 34 heavy (non-hydrogen) atoms. The lowest BCUT2D eigenvalue weighted by Crippen LogP contribution is -2.28. The van der Waals surface area contributed by atoms with Crippen LogP contribution in [0, 0.1) is 11.7 Å². The van der Waals surface area contributed by atoms with Crippen molar-refractivity contribution in [2.45, 2.75) is 44.6 Å². The van der Waals surface area contributed by atoms with E-state index in [-0.39, 0.29) is 41.4 Å². The van der Waals surface area contributed by atoms with Crippen molar-refractivity contribution in [3.63, 3.8) is 0 Å². The predicted molar refractivity (Wildman–Crippen MR) is 128 cm³/mol. The number of hydrogen-bond donors (Lipinski definition) is 2. The topological polar surface area (TPSA) is 92.7 Å². The van der Waals surface area contributed by atoms with E-state index in [1.54, 1.807) is 17.4 Å². The Morgan fingerprint density at radius 2 is 1.79 bits per heavy atom. The van der Waals surface area contributed by atoms with Gasteiger partial charge in [-0.25, -0.2) is 4.39 Å². The molecule has 0 aliphatic heterocycles. The molecule has 1 heterocycles. The first-order valence-electron chi connectivity index (χ1n) is 11.4. The quantitative estimate of drug-likeness (QED) is 0.312. The van der Waals surface area contributed by atoms with Gasteiger partial charge >= 0.3 is 5.97 Å². The largest absolute Gasteiger partial charge is 0.487 e. The third-order valence-corrected chi connectivity index (χ3v) is 7.05. The Kier molecular flexibility index (Phi) is 7.57. The molecule has 1 fully saturated rings. The number of halogens is 1. The molecule has 3 aromatic rings. The number of benzene rings is 2. The Hall–Kier alpha value is -3.26. The van der Waals surface area contributed by atoms with E-state index < -0.39 is 11.8 Å². The summed E-state index contributed by atoms with van der Waals surface area (Å²) >= 11 is 1.62. The van der Waals surface area contributed by atoms with E-state index in [0.717, 1.165) is 10.1 Å². The summed E-state index contributed by atoms with van der Waals surface area (Å²) in [6.45, 7) is 0.342. The zero-order valence-electron chi connectivity index (χ0n) is 18.6. The normalized spacial score (nSPS) is 17.9. The second kappa shape index (κ2) is 10.8. The molecule has 0 radical (unpaired) electrons. The fourth-order valence-electron chi connectivity index (χ4n) is 4.18. The summed E-state index contributed by atoms with van der Waals surface area (Å²) in [5, 5.41) is 14.9. The number of carbonyl (C=O) groups excluding carboxylic acids is 2. The molecule has 1 amide bonds. The number of carboxylic acids is 1. The monoisotopic (exact) mass is 483 g/mol. The minimum absolute atomic E-state index is 0.0742. The lowest BCUT2D eigenvalue weighted by molar-refractivity contribution is -0.143. The van der Waals surface area contributed by atoms with Crippen LogP contribution in [0.3, 0.4) is 0 Å². The van der Waals surface area contributed by atoms with Crippen LogP contribution >= 0.6 is 11.3 Å². The van der Waals surface area contributed by atoms with Gasteiger partial charge in [-0.3, -0.25) is 14.4 Å². The number of carbonyl (C=O) groups is 3. The minimum Gasteiger partial charge on any atom is -0.487 e. The van der Waals surface area contributed by atoms with Crippen LogP contribution in [-0.4, -0.2) is 35.4 Å². The van der Waals surface area contributed by atoms with Gasteiger partial charge in [-0.1, -0.05) is 0 Å². The smallest absolute Gasteiger partial charge is 0.306 e. The van der Waals surface area contributed by atoms with Crippen molar-refractivity contribution in [1.29, 1.82) is 0 Å². The average Bonchev–Trinajstić information content (AvgIpc) is 3.31. The standard InChI is InChI=1S/C26H26FNO5S/c27-21-15-17(5-9-23(21)33-20-7-3-16(4-8-20)26(31)32)22(29)2-1-12-28-25(30)19-6-10-24-18(14-19)11-13-34-24/h5-6,9-11,13-16,20H,1-4,7-8,12H2,(H,28,30)(H,31,32). The number of hydrogen-bond acceptors (Lipinski definition) is 5. The number of Topliss-reactive ketones (excluding diaryl/α,β-unsaturated/α-hetero) is 1. The van der Waals surface area contributed by atoms with E-state index in [0.29, 0.717) is 44.2 Å². The van der Waals surface area contributed by atoms with E-state index in [4.69, 9.17) is 9.84 Å². The zero-order chi connectivity index (χ0) is 24.1. The number of nitrogens with one attached hydrogen (secondary N) is 1. The SMILES string of the molecule is O=C(CCCNC(=O)c1ccc2sccc2c1)c1ccc(OC2CCC(C(=O)O)CC2)c(F)c1. The van der Waals surface area contributed by atoms with Crippen molar-refractivity contribution in [3.8, 4) is 5.75 Å². The molecule has 178 valence electrons. The Bertz CT molecular complexity index is 1200. The number of carboxylic acid groups (broad SMARTS) is 1. The fourth-order valence-corrected chi connectivity index (χ4v) is 4.95. The highest BCUT2D eigenvalue weighted by Crippen LogP contribution is 2.29. The maximum atomic E-state index is 14.5. The Balaban J connectivity index is 1.22. The summed E-state index contributed by atoms with van der Waals surface area (Å²) in [5.74, 6) is -2.09. The van der Waals surface area contributed by atoms with Crippen LogP contribution in [-0.2, 0) is 4.79 Å². The molecule has 0 bridgehead atoms. The summed E-state index contributed by atoms with van der Waals surface area (Å²) in [7, 11) is 0. The first-order valence-corrected chi connectivity index (χ1v) is 12.3. The van der Waals surface area contributed by atoms with Gasteiger partial charge in [-0.2, -0.15) is 0 Å². The van der Waals surface area contributed by atoms with Crippen LogP contribution < -0.4 is 10.1 Å². The third-order valence-electron chi connectivity index (χ3n) is 6.15. The number of aliphatic carboxylic acids is 1. The molecule has 0 atom stereocenters. The molecule has 1 aromatic heterocycles. The average molecular weight is 484 g/mol. The second-order valence-electron chi connectivity index (χ2n) is 8.53. The molecular formula is C26H26FNO5S. The Labute approximate surface area is 200 Å². The van der Waals surface area contributed by atoms with Gasteiger partial charge in [0.1, 0.15) is 0 Å². The van der Waals surface area contributed by atoms with Crippen LogP contribution in [0.15, 0.2) is 47.8 Å². The molecule has 4 rings (SSSR count). The minimum atomic E-state index is -0.799. The lowest BCUT2D eigenvalue weighted by atomic mass is 9.87. The van der Waals surface area contributed by atoms with Crippen molar-refractivity contribution in [2.24, 2.45) is 5.92 Å². The summed E-state index contributed by atoms with van der Waals surface area (Å²) in [5.41, 5.74) is 0.833. The van der Waals surface area contributed by atoms with Gasteiger partial charge in [-0.05, 0) is 85.3 Å².